The molecule has 1 atom stereocenters. The van der Waals surface area contributed by atoms with Crippen molar-refractivity contribution in [1.82, 2.24) is 14.5 Å². The van der Waals surface area contributed by atoms with E-state index in [1.54, 1.807) is 11.9 Å². The van der Waals surface area contributed by atoms with Crippen molar-refractivity contribution in [2.45, 2.75) is 24.9 Å². The van der Waals surface area contributed by atoms with Crippen LogP contribution in [0.25, 0.3) is 0 Å². The Bertz CT molecular complexity index is 1070. The second-order valence-corrected chi connectivity index (χ2v) is 7.94. The number of hydrogen-bond donors (Lipinski definition) is 1. The van der Waals surface area contributed by atoms with Crippen LogP contribution in [0.3, 0.4) is 0 Å². The summed E-state index contributed by atoms with van der Waals surface area (Å²) in [5, 5.41) is 6.89. The molecule has 0 bridgehead atoms. The zero-order valence-electron chi connectivity index (χ0n) is 19.6. The first-order valence-electron chi connectivity index (χ1n) is 11.0. The van der Waals surface area contributed by atoms with Crippen LogP contribution in [0.15, 0.2) is 104 Å². The van der Waals surface area contributed by atoms with Gasteiger partial charge in [0.25, 0.3) is 6.47 Å². The molecule has 0 spiro atoms. The first-order chi connectivity index (χ1) is 16.6. The Hall–Kier alpha value is -5.19. The van der Waals surface area contributed by atoms with Gasteiger partial charge in [-0.25, -0.2) is 4.98 Å². The number of carbonyl (C=O) groups excluding carboxylic acids is 1. The Balaban J connectivity index is 0.00000103. The molecule has 6 nitrogen and oxygen atoms in total. The molecule has 1 unspecified atom stereocenters. The molecule has 0 radical (unpaired) electrons. The minimum Gasteiger partial charge on any atom is -0.520 e. The third-order valence-corrected chi connectivity index (χ3v) is 5.91. The molecule has 1 N–H and O–H groups in total. The van der Waals surface area contributed by atoms with Gasteiger partial charge in [-0.3, -0.25) is 4.79 Å². The van der Waals surface area contributed by atoms with Gasteiger partial charge < -0.3 is 19.4 Å². The SMILES string of the molecule is CC(Cc1cn(C(c2ccccc2)(c2ccccc2)c2ccccc2)cn1)N(C)[C-]=O.O=CO.[Fm]. The first kappa shape index (κ1) is 26.1. The molecule has 1 heterocycles. The largest absolute Gasteiger partial charge is 0.520 e. The van der Waals surface area contributed by atoms with Crippen LogP contribution in [0.5, 0.6) is 0 Å². The van der Waals surface area contributed by atoms with Crippen molar-refractivity contribution in [2.75, 3.05) is 7.05 Å². The van der Waals surface area contributed by atoms with Crippen LogP contribution in [0.1, 0.15) is 29.3 Å². The van der Waals surface area contributed by atoms with E-state index in [1.165, 1.54) is 0 Å². The number of carbonyl (C=O) groups is 1. The van der Waals surface area contributed by atoms with E-state index in [1.807, 2.05) is 37.9 Å². The summed E-state index contributed by atoms with van der Waals surface area (Å²) in [6, 6.07) is 31.6. The molecule has 0 aliphatic rings. The van der Waals surface area contributed by atoms with Gasteiger partial charge in [-0.1, -0.05) is 91.0 Å². The fraction of sp³-hybridized carbons (Fsp3) is 0.179. The van der Waals surface area contributed by atoms with Gasteiger partial charge in [0.2, 0.25) is 0 Å². The van der Waals surface area contributed by atoms with E-state index in [0.717, 1.165) is 22.4 Å². The van der Waals surface area contributed by atoms with E-state index in [4.69, 9.17) is 14.9 Å². The standard InChI is InChI=1S/C27H26N3O.CH2O2.Fm/c1-22(29(2)21-31)18-26-19-30(20-28-26)27(23-12-6-3-7-13-23,24-14-8-4-9-15-24)25-16-10-5-11-17-25;2-1-3;/h3-17,19-20,22H,18H2,1-2H3;1H,(H,2,3);/q-1;;. The van der Waals surface area contributed by atoms with Gasteiger partial charge in [0, 0.05) is 18.7 Å². The van der Waals surface area contributed by atoms with Crippen LogP contribution in [0.4, 0.5) is 0 Å². The topological polar surface area (TPSA) is 75.4 Å². The Morgan fingerprint density at radius 2 is 1.34 bits per heavy atom. The van der Waals surface area contributed by atoms with Crippen molar-refractivity contribution < 1.29 is 14.7 Å². The molecular weight excluding hydrogens is 683 g/mol. The van der Waals surface area contributed by atoms with Crippen LogP contribution in [0, 0.1) is 0 Å². The Morgan fingerprint density at radius 1 is 0.943 bits per heavy atom. The van der Waals surface area contributed by atoms with Crippen molar-refractivity contribution in [3.8, 4) is 0 Å². The van der Waals surface area contributed by atoms with Gasteiger partial charge in [0.15, 0.2) is 0 Å². The summed E-state index contributed by atoms with van der Waals surface area (Å²) < 4.78 is 2.19. The molecule has 1 amide bonds. The van der Waals surface area contributed by atoms with E-state index in [9.17, 15) is 4.79 Å². The number of amides is 1. The van der Waals surface area contributed by atoms with Gasteiger partial charge in [0.1, 0.15) is 5.54 Å². The minimum absolute atomic E-state index is 0. The second-order valence-electron chi connectivity index (χ2n) is 7.94. The van der Waals surface area contributed by atoms with Crippen LogP contribution < -0.4 is 0 Å². The summed E-state index contributed by atoms with van der Waals surface area (Å²) in [7, 11) is 1.75. The quantitative estimate of drug-likeness (QED) is 0.128. The van der Waals surface area contributed by atoms with Gasteiger partial charge in [-0.05, 0) is 30.7 Å². The van der Waals surface area contributed by atoms with Gasteiger partial charge in [-0.15, -0.1) is 0 Å². The van der Waals surface area contributed by atoms with Crippen molar-refractivity contribution in [2.24, 2.45) is 0 Å². The number of benzene rings is 3. The number of aromatic nitrogens is 2. The molecule has 4 aromatic rings. The molecule has 0 fully saturated rings. The molecule has 0 saturated heterocycles. The van der Waals surface area contributed by atoms with Gasteiger partial charge in [0.05, 0.1) is 12.0 Å². The van der Waals surface area contributed by atoms with Crippen molar-refractivity contribution in [3.05, 3.63) is 126 Å². The maximum absolute atomic E-state index is 11.0. The fourth-order valence-electron chi connectivity index (χ4n) is 4.17. The summed E-state index contributed by atoms with van der Waals surface area (Å²) in [6.07, 6.45) is 6.61. The molecule has 35 heavy (non-hydrogen) atoms. The predicted octanol–water partition coefficient (Wildman–Crippen LogP) is 4.35. The predicted molar refractivity (Wildman–Crippen MR) is 132 cm³/mol. The van der Waals surface area contributed by atoms with Gasteiger partial charge in [-0.2, -0.15) is 6.41 Å². The number of carboxylic acid groups (broad SMARTS) is 1. The number of imidazole rings is 1. The van der Waals surface area contributed by atoms with E-state index in [-0.39, 0.29) is 12.5 Å². The molecule has 7 heteroatoms. The normalized spacial score (nSPS) is 11.3. The summed E-state index contributed by atoms with van der Waals surface area (Å²) in [5.41, 5.74) is 3.83. The minimum atomic E-state index is -0.568. The number of nitrogens with zero attached hydrogens (tertiary/aromatic N) is 3. The summed E-state index contributed by atoms with van der Waals surface area (Å²) in [6.45, 7) is 1.75. The molecule has 4 rings (SSSR count). The Morgan fingerprint density at radius 3 is 1.71 bits per heavy atom. The van der Waals surface area contributed by atoms with Crippen LogP contribution in [-0.2, 0) is 21.5 Å². The molecule has 0 aliphatic carbocycles. The molecule has 3 aromatic carbocycles. The average molecular weight is 712 g/mol. The first-order valence-corrected chi connectivity index (χ1v) is 11.0. The molecular formula is C28H28FmN3O3-. The summed E-state index contributed by atoms with van der Waals surface area (Å²) >= 11 is 0. The second kappa shape index (κ2) is 12.2. The van der Waals surface area contributed by atoms with E-state index >= 15 is 0 Å². The zero-order valence-corrected chi connectivity index (χ0v) is 22.0. The Labute approximate surface area is 200 Å². The smallest absolute Gasteiger partial charge is 0.290 e. The Kier molecular flexibility index (Phi) is 9.05. The maximum Gasteiger partial charge on any atom is 0.290 e. The molecule has 186 valence electrons. The van der Waals surface area contributed by atoms with Crippen molar-refractivity contribution >= 4 is 12.9 Å². The van der Waals surface area contributed by atoms with E-state index < -0.39 is 5.54 Å². The van der Waals surface area contributed by atoms with E-state index in [2.05, 4.69) is 83.6 Å². The van der Waals surface area contributed by atoms with Crippen LogP contribution >= 0.6 is 0 Å². The molecule has 0 aliphatic heterocycles. The zero-order chi connectivity index (χ0) is 24.4. The maximum atomic E-state index is 11.0. The molecule has 0 saturated carbocycles. The number of hydrogen-bond acceptors (Lipinski definition) is 3. The van der Waals surface area contributed by atoms with Crippen molar-refractivity contribution in [1.29, 1.82) is 0 Å². The van der Waals surface area contributed by atoms with E-state index in [0.29, 0.717) is 6.42 Å². The monoisotopic (exact) mass is 711 g/mol. The van der Waals surface area contributed by atoms with Gasteiger partial charge >= 0.3 is 0 Å². The van der Waals surface area contributed by atoms with Crippen LogP contribution in [-0.4, -0.2) is 45.5 Å². The van der Waals surface area contributed by atoms with Crippen LogP contribution in [0.2, 0.25) is 0 Å². The number of rotatable bonds is 8. The summed E-state index contributed by atoms with van der Waals surface area (Å²) in [4.78, 5) is 25.7. The number of likely N-dealkylation sites (N-methyl/N-ethyl adjacent to an activating group) is 1. The summed E-state index contributed by atoms with van der Waals surface area (Å²) in [5.74, 6) is 0. The average Bonchev–Trinajstić information content (AvgIpc) is 3.35. The fourth-order valence-corrected chi connectivity index (χ4v) is 4.17. The third-order valence-electron chi connectivity index (χ3n) is 5.91. The van der Waals surface area contributed by atoms with Crippen molar-refractivity contribution in [3.63, 3.8) is 0 Å². The molecule has 1 aromatic heterocycles. The third kappa shape index (κ3) is 5.42.